The molecular weight excluding hydrogens is 567 g/mol. The Hall–Kier alpha value is -5.47. The van der Waals surface area contributed by atoms with Crippen molar-refractivity contribution in [2.24, 2.45) is 5.18 Å². The average molecular weight is 596 g/mol. The van der Waals surface area contributed by atoms with Gasteiger partial charge in [0.15, 0.2) is 0 Å². The molecule has 0 aliphatic heterocycles. The summed E-state index contributed by atoms with van der Waals surface area (Å²) in [7, 11) is 0. The molecule has 0 saturated carbocycles. The van der Waals surface area contributed by atoms with Crippen LogP contribution >= 0.6 is 0 Å². The van der Waals surface area contributed by atoms with E-state index in [0.717, 1.165) is 29.2 Å². The molecule has 6 aromatic rings. The zero-order valence-electron chi connectivity index (χ0n) is 24.8. The topological polar surface area (TPSA) is 29.4 Å². The fraction of sp³-hybridized carbons (Fsp3) is 0.100. The van der Waals surface area contributed by atoms with Gasteiger partial charge in [0, 0.05) is 16.7 Å². The molecule has 0 atom stereocenters. The largest absolute Gasteiger partial charge is 0.206 e. The highest BCUT2D eigenvalue weighted by atomic mass is 19.1. The van der Waals surface area contributed by atoms with Crippen LogP contribution in [-0.2, 0) is 12.8 Å². The summed E-state index contributed by atoms with van der Waals surface area (Å²) < 4.78 is 44.9. The van der Waals surface area contributed by atoms with Gasteiger partial charge in [0.1, 0.15) is 23.1 Å². The number of hydrogen-bond acceptors (Lipinski definition) is 2. The van der Waals surface area contributed by atoms with E-state index in [2.05, 4.69) is 66.4 Å². The molecule has 0 N–H and O–H groups in total. The van der Waals surface area contributed by atoms with Crippen molar-refractivity contribution in [3.05, 3.63) is 165 Å². The molecule has 220 valence electrons. The molecule has 0 amide bonds. The molecule has 6 aromatic carbocycles. The lowest BCUT2D eigenvalue weighted by Crippen LogP contribution is -1.92. The van der Waals surface area contributed by atoms with Crippen molar-refractivity contribution in [3.8, 4) is 34.1 Å². The fourth-order valence-electron chi connectivity index (χ4n) is 5.46. The number of hydrogen-bond donors (Lipinski definition) is 0. The van der Waals surface area contributed by atoms with E-state index in [1.807, 2.05) is 18.2 Å². The maximum atomic E-state index is 15.4. The van der Waals surface area contributed by atoms with Crippen LogP contribution in [0.4, 0.5) is 18.9 Å². The van der Waals surface area contributed by atoms with Gasteiger partial charge in [-0.15, -0.1) is 4.91 Å². The van der Waals surface area contributed by atoms with Crippen molar-refractivity contribution in [2.45, 2.75) is 26.7 Å². The number of rotatable bonds is 6. The first kappa shape index (κ1) is 29.6. The third-order valence-corrected chi connectivity index (χ3v) is 7.93. The van der Waals surface area contributed by atoms with Crippen LogP contribution in [0.2, 0.25) is 0 Å². The molecule has 0 bridgehead atoms. The van der Waals surface area contributed by atoms with Crippen LogP contribution in [0.1, 0.15) is 33.4 Å². The van der Waals surface area contributed by atoms with Crippen molar-refractivity contribution < 1.29 is 13.2 Å². The van der Waals surface area contributed by atoms with Crippen molar-refractivity contribution >= 4 is 16.5 Å². The van der Waals surface area contributed by atoms with Crippen molar-refractivity contribution in [1.29, 1.82) is 0 Å². The van der Waals surface area contributed by atoms with Gasteiger partial charge in [-0.25, -0.2) is 13.2 Å². The molecule has 0 heterocycles. The summed E-state index contributed by atoms with van der Waals surface area (Å²) in [5.41, 5.74) is 6.11. The zero-order valence-corrected chi connectivity index (χ0v) is 24.8. The molecule has 0 saturated heterocycles. The van der Waals surface area contributed by atoms with Crippen LogP contribution < -0.4 is 0 Å². The predicted molar refractivity (Wildman–Crippen MR) is 176 cm³/mol. The molecule has 45 heavy (non-hydrogen) atoms. The Kier molecular flexibility index (Phi) is 8.31. The SMILES string of the molecule is Cc1ccc(CCc2ccc3cc(-c4ccc(-c5ccc(C#Cc6c(F)cc(C)cc6N=O)cc5F)cc4F)ccc3c2)cc1. The molecule has 0 aromatic heterocycles. The second-order valence-electron chi connectivity index (χ2n) is 11.3. The van der Waals surface area contributed by atoms with Crippen molar-refractivity contribution in [2.75, 3.05) is 0 Å². The molecule has 0 unspecified atom stereocenters. The molecule has 5 heteroatoms. The second kappa shape index (κ2) is 12.6. The summed E-state index contributed by atoms with van der Waals surface area (Å²) in [4.78, 5) is 11.1. The minimum atomic E-state index is -0.671. The van der Waals surface area contributed by atoms with E-state index in [-0.39, 0.29) is 22.4 Å². The highest BCUT2D eigenvalue weighted by molar-refractivity contribution is 5.88. The molecule has 0 radical (unpaired) electrons. The first-order valence-electron chi connectivity index (χ1n) is 14.6. The zero-order chi connectivity index (χ0) is 31.5. The van der Waals surface area contributed by atoms with Gasteiger partial charge in [-0.1, -0.05) is 90.2 Å². The number of fused-ring (bicyclic) bond motifs is 1. The molecule has 0 spiro atoms. The normalized spacial score (nSPS) is 10.9. The Labute approximate surface area is 260 Å². The van der Waals surface area contributed by atoms with E-state index in [4.69, 9.17) is 0 Å². The number of nitroso groups, excluding NO2 is 1. The van der Waals surface area contributed by atoms with Crippen molar-refractivity contribution in [1.82, 2.24) is 0 Å². The van der Waals surface area contributed by atoms with Gasteiger partial charge in [-0.3, -0.25) is 0 Å². The lowest BCUT2D eigenvalue weighted by molar-refractivity contribution is 0.623. The van der Waals surface area contributed by atoms with Gasteiger partial charge in [-0.05, 0) is 107 Å². The number of aryl methyl sites for hydroxylation is 4. The van der Waals surface area contributed by atoms with E-state index >= 15 is 8.78 Å². The Balaban J connectivity index is 1.20. The Bertz CT molecular complexity index is 2140. The van der Waals surface area contributed by atoms with Gasteiger partial charge in [0.2, 0.25) is 0 Å². The Morgan fingerprint density at radius 3 is 1.91 bits per heavy atom. The van der Waals surface area contributed by atoms with Crippen LogP contribution in [0.25, 0.3) is 33.0 Å². The van der Waals surface area contributed by atoms with Crippen LogP contribution in [0.15, 0.2) is 114 Å². The van der Waals surface area contributed by atoms with E-state index in [9.17, 15) is 9.30 Å². The summed E-state index contributed by atoms with van der Waals surface area (Å²) in [6.07, 6.45) is 1.90. The van der Waals surface area contributed by atoms with Gasteiger partial charge >= 0.3 is 0 Å². The minimum absolute atomic E-state index is 0.113. The van der Waals surface area contributed by atoms with E-state index in [1.54, 1.807) is 25.1 Å². The predicted octanol–water partition coefficient (Wildman–Crippen LogP) is 10.8. The lowest BCUT2D eigenvalue weighted by atomic mass is 9.96. The monoisotopic (exact) mass is 595 g/mol. The highest BCUT2D eigenvalue weighted by Crippen LogP contribution is 2.32. The number of halogens is 3. The number of nitrogens with zero attached hydrogens (tertiary/aromatic N) is 1. The Morgan fingerprint density at radius 2 is 1.18 bits per heavy atom. The third-order valence-electron chi connectivity index (χ3n) is 7.93. The van der Waals surface area contributed by atoms with Gasteiger partial charge in [-0.2, -0.15) is 0 Å². The molecular formula is C40H28F3NO. The molecule has 0 fully saturated rings. The smallest absolute Gasteiger partial charge is 0.141 e. The van der Waals surface area contributed by atoms with Crippen LogP contribution in [0.3, 0.4) is 0 Å². The van der Waals surface area contributed by atoms with Gasteiger partial charge < -0.3 is 0 Å². The first-order valence-corrected chi connectivity index (χ1v) is 14.6. The Morgan fingerprint density at radius 1 is 0.556 bits per heavy atom. The maximum absolute atomic E-state index is 15.4. The summed E-state index contributed by atoms with van der Waals surface area (Å²) in [6.45, 7) is 3.73. The van der Waals surface area contributed by atoms with Gasteiger partial charge in [0.25, 0.3) is 0 Å². The number of benzene rings is 6. The van der Waals surface area contributed by atoms with E-state index < -0.39 is 17.5 Å². The average Bonchev–Trinajstić information content (AvgIpc) is 3.03. The second-order valence-corrected chi connectivity index (χ2v) is 11.3. The first-order chi connectivity index (χ1) is 21.8. The summed E-state index contributed by atoms with van der Waals surface area (Å²) in [6, 6.07) is 32.5. The molecule has 0 aliphatic carbocycles. The summed E-state index contributed by atoms with van der Waals surface area (Å²) >= 11 is 0. The third kappa shape index (κ3) is 6.56. The maximum Gasteiger partial charge on any atom is 0.141 e. The minimum Gasteiger partial charge on any atom is -0.206 e. The van der Waals surface area contributed by atoms with Crippen LogP contribution in [0, 0.1) is 48.0 Å². The van der Waals surface area contributed by atoms with Crippen molar-refractivity contribution in [3.63, 3.8) is 0 Å². The van der Waals surface area contributed by atoms with Gasteiger partial charge in [0.05, 0.1) is 5.56 Å². The van der Waals surface area contributed by atoms with E-state index in [1.165, 1.54) is 47.0 Å². The van der Waals surface area contributed by atoms with E-state index in [0.29, 0.717) is 16.7 Å². The standard InChI is InChI=1S/C40H28F3NO/c1-25-3-5-27(6-4-25)7-8-28-9-12-31-23-32(14-13-30(31)21-28)35-18-15-33(24-39(35)43)34-16-10-29(22-38(34)42)11-17-36-37(41)19-26(2)20-40(36)44-45/h3-6,9-10,12-16,18-24H,7-8H2,1-2H3. The fourth-order valence-corrected chi connectivity index (χ4v) is 5.46. The summed E-state index contributed by atoms with van der Waals surface area (Å²) in [5, 5.41) is 4.95. The molecule has 2 nitrogen and oxygen atoms in total. The van der Waals surface area contributed by atoms with Crippen LogP contribution in [0.5, 0.6) is 0 Å². The molecule has 0 aliphatic rings. The highest BCUT2D eigenvalue weighted by Gasteiger charge is 2.13. The molecule has 6 rings (SSSR count). The lowest BCUT2D eigenvalue weighted by Gasteiger charge is -2.10. The quantitative estimate of drug-likeness (QED) is 0.139. The summed E-state index contributed by atoms with van der Waals surface area (Å²) in [5.74, 6) is 3.53. The van der Waals surface area contributed by atoms with Crippen LogP contribution in [-0.4, -0.2) is 0 Å².